The quantitative estimate of drug-likeness (QED) is 0.542. The van der Waals surface area contributed by atoms with E-state index in [4.69, 9.17) is 14.5 Å². The molecule has 1 fully saturated rings. The molecule has 1 atom stereocenters. The van der Waals surface area contributed by atoms with Gasteiger partial charge in [0, 0.05) is 26.1 Å². The zero-order valence-corrected chi connectivity index (χ0v) is 13.9. The fourth-order valence-corrected chi connectivity index (χ4v) is 2.53. The van der Waals surface area contributed by atoms with Crippen LogP contribution in [0.5, 0.6) is 0 Å². The van der Waals surface area contributed by atoms with Crippen LogP contribution < -0.4 is 0 Å². The van der Waals surface area contributed by atoms with Crippen molar-refractivity contribution in [3.05, 3.63) is 0 Å². The summed E-state index contributed by atoms with van der Waals surface area (Å²) in [5.41, 5.74) is 0. The topological polar surface area (TPSA) is 117 Å². The second kappa shape index (κ2) is 7.92. The van der Waals surface area contributed by atoms with Crippen molar-refractivity contribution in [1.29, 1.82) is 0 Å². The predicted molar refractivity (Wildman–Crippen MR) is 76.7 cm³/mol. The van der Waals surface area contributed by atoms with Gasteiger partial charge in [0.15, 0.2) is 0 Å². The number of carbonyl (C=O) groups is 2. The van der Waals surface area contributed by atoms with E-state index in [0.29, 0.717) is 13.1 Å². The number of phosphoric ester groups is 1. The van der Waals surface area contributed by atoms with Gasteiger partial charge >= 0.3 is 13.9 Å². The molecular weight excluding hydrogens is 315 g/mol. The Balaban J connectivity index is 2.50. The molecule has 0 bridgehead atoms. The third-order valence-electron chi connectivity index (χ3n) is 3.37. The third kappa shape index (κ3) is 5.92. The van der Waals surface area contributed by atoms with Gasteiger partial charge in [0.25, 0.3) is 0 Å². The fourth-order valence-electron chi connectivity index (χ4n) is 2.34. The van der Waals surface area contributed by atoms with Gasteiger partial charge in [-0.3, -0.25) is 4.79 Å². The third-order valence-corrected chi connectivity index (χ3v) is 3.81. The standard InChI is InChI=1S/C12H23N2O7P/c1-9(2)11(15)13(3)7-10-5-4-6-14(10)12(16)20-8-21-22(17,18)19/h9-10H,4-8H2,1-3H3,(H2,17,18,19)/t10-/m0/s1. The molecule has 0 aliphatic carbocycles. The second-order valence-electron chi connectivity index (χ2n) is 5.51. The Labute approximate surface area is 129 Å². The molecule has 0 aromatic heterocycles. The van der Waals surface area contributed by atoms with E-state index in [9.17, 15) is 14.2 Å². The van der Waals surface area contributed by atoms with Crippen molar-refractivity contribution in [2.24, 2.45) is 5.92 Å². The molecule has 128 valence electrons. The van der Waals surface area contributed by atoms with Crippen molar-refractivity contribution in [1.82, 2.24) is 9.80 Å². The van der Waals surface area contributed by atoms with Crippen LogP contribution in [-0.4, -0.2) is 64.6 Å². The Morgan fingerprint density at radius 1 is 1.41 bits per heavy atom. The van der Waals surface area contributed by atoms with E-state index in [0.717, 1.165) is 12.8 Å². The number of phosphoric acid groups is 1. The molecule has 2 N–H and O–H groups in total. The number of ether oxygens (including phenoxy) is 1. The summed E-state index contributed by atoms with van der Waals surface area (Å²) in [6, 6.07) is -0.171. The number of carbonyl (C=O) groups excluding carboxylic acids is 2. The zero-order chi connectivity index (χ0) is 16.9. The molecule has 0 spiro atoms. The van der Waals surface area contributed by atoms with Crippen molar-refractivity contribution in [2.75, 3.05) is 26.9 Å². The lowest BCUT2D eigenvalue weighted by Crippen LogP contribution is -2.45. The molecule has 1 heterocycles. The SMILES string of the molecule is CC(C)C(=O)N(C)C[C@@H]1CCCN1C(=O)OCOP(=O)(O)O. The van der Waals surface area contributed by atoms with E-state index in [1.54, 1.807) is 25.8 Å². The summed E-state index contributed by atoms with van der Waals surface area (Å²) in [5.74, 6) is -0.131. The smallest absolute Gasteiger partial charge is 0.422 e. The molecule has 0 unspecified atom stereocenters. The van der Waals surface area contributed by atoms with Crippen LogP contribution in [0.2, 0.25) is 0 Å². The van der Waals surface area contributed by atoms with Gasteiger partial charge in [-0.2, -0.15) is 0 Å². The first-order chi connectivity index (χ1) is 10.1. The maximum Gasteiger partial charge on any atom is 0.472 e. The summed E-state index contributed by atoms with van der Waals surface area (Å²) in [7, 11) is -2.98. The summed E-state index contributed by atoms with van der Waals surface area (Å²) < 4.78 is 19.3. The first-order valence-electron chi connectivity index (χ1n) is 7.00. The van der Waals surface area contributed by atoms with Gasteiger partial charge in [-0.05, 0) is 12.8 Å². The molecule has 9 nitrogen and oxygen atoms in total. The molecule has 1 aliphatic rings. The van der Waals surface area contributed by atoms with Crippen molar-refractivity contribution in [3.8, 4) is 0 Å². The monoisotopic (exact) mass is 338 g/mol. The van der Waals surface area contributed by atoms with E-state index in [-0.39, 0.29) is 17.9 Å². The molecule has 0 radical (unpaired) electrons. The lowest BCUT2D eigenvalue weighted by Gasteiger charge is -2.29. The number of rotatable bonds is 6. The van der Waals surface area contributed by atoms with Crippen molar-refractivity contribution >= 4 is 19.8 Å². The fraction of sp³-hybridized carbons (Fsp3) is 0.833. The minimum atomic E-state index is -4.66. The number of likely N-dealkylation sites (N-methyl/N-ethyl adjacent to an activating group) is 1. The molecule has 1 rings (SSSR count). The molecule has 2 amide bonds. The van der Waals surface area contributed by atoms with Gasteiger partial charge in [-0.15, -0.1) is 0 Å². The molecule has 1 aliphatic heterocycles. The number of nitrogens with zero attached hydrogens (tertiary/aromatic N) is 2. The van der Waals surface area contributed by atoms with Crippen molar-refractivity contribution in [3.63, 3.8) is 0 Å². The van der Waals surface area contributed by atoms with Gasteiger partial charge < -0.3 is 24.3 Å². The summed E-state index contributed by atoms with van der Waals surface area (Å²) >= 11 is 0. The van der Waals surface area contributed by atoms with Gasteiger partial charge in [-0.25, -0.2) is 13.9 Å². The highest BCUT2D eigenvalue weighted by molar-refractivity contribution is 7.46. The van der Waals surface area contributed by atoms with E-state index in [1.807, 2.05) is 0 Å². The van der Waals surface area contributed by atoms with E-state index in [2.05, 4.69) is 4.52 Å². The van der Waals surface area contributed by atoms with Crippen LogP contribution in [0.25, 0.3) is 0 Å². The Hall–Kier alpha value is -1.15. The zero-order valence-electron chi connectivity index (χ0n) is 13.0. The first kappa shape index (κ1) is 18.9. The van der Waals surface area contributed by atoms with Crippen LogP contribution >= 0.6 is 7.82 Å². The Morgan fingerprint density at radius 2 is 2.05 bits per heavy atom. The van der Waals surface area contributed by atoms with Gasteiger partial charge in [-0.1, -0.05) is 13.8 Å². The molecule has 22 heavy (non-hydrogen) atoms. The number of hydrogen-bond acceptors (Lipinski definition) is 5. The number of likely N-dealkylation sites (tertiary alicyclic amines) is 1. The normalized spacial score (nSPS) is 18.6. The minimum Gasteiger partial charge on any atom is -0.422 e. The van der Waals surface area contributed by atoms with Crippen LogP contribution in [0.15, 0.2) is 0 Å². The van der Waals surface area contributed by atoms with Crippen LogP contribution in [0.1, 0.15) is 26.7 Å². The van der Waals surface area contributed by atoms with Crippen LogP contribution in [0, 0.1) is 5.92 Å². The molecule has 1 saturated heterocycles. The van der Waals surface area contributed by atoms with Crippen LogP contribution in [0.4, 0.5) is 4.79 Å². The van der Waals surface area contributed by atoms with Crippen LogP contribution in [-0.2, 0) is 18.6 Å². The molecule has 0 aromatic carbocycles. The highest BCUT2D eigenvalue weighted by Crippen LogP contribution is 2.35. The highest BCUT2D eigenvalue weighted by Gasteiger charge is 2.32. The van der Waals surface area contributed by atoms with Gasteiger partial charge in [0.1, 0.15) is 0 Å². The Morgan fingerprint density at radius 3 is 2.59 bits per heavy atom. The number of hydrogen-bond donors (Lipinski definition) is 2. The second-order valence-corrected chi connectivity index (χ2v) is 6.75. The largest absolute Gasteiger partial charge is 0.472 e. The minimum absolute atomic E-state index is 0.00921. The maximum absolute atomic E-state index is 11.9. The summed E-state index contributed by atoms with van der Waals surface area (Å²) in [4.78, 5) is 43.8. The molecule has 0 aromatic rings. The highest BCUT2D eigenvalue weighted by atomic mass is 31.2. The van der Waals surface area contributed by atoms with Gasteiger partial charge in [0.2, 0.25) is 12.7 Å². The number of amides is 2. The summed E-state index contributed by atoms with van der Waals surface area (Å²) in [6.07, 6.45) is 0.814. The van der Waals surface area contributed by atoms with Crippen molar-refractivity contribution < 1.29 is 33.2 Å². The lowest BCUT2D eigenvalue weighted by atomic mass is 10.1. The van der Waals surface area contributed by atoms with Gasteiger partial charge in [0.05, 0.1) is 6.04 Å². The van der Waals surface area contributed by atoms with E-state index < -0.39 is 20.7 Å². The maximum atomic E-state index is 11.9. The van der Waals surface area contributed by atoms with E-state index in [1.165, 1.54) is 4.90 Å². The lowest BCUT2D eigenvalue weighted by molar-refractivity contribution is -0.133. The first-order valence-corrected chi connectivity index (χ1v) is 8.53. The Kier molecular flexibility index (Phi) is 6.80. The van der Waals surface area contributed by atoms with E-state index >= 15 is 0 Å². The summed E-state index contributed by atoms with van der Waals surface area (Å²) in [6.45, 7) is 3.67. The average Bonchev–Trinajstić information content (AvgIpc) is 2.84. The summed E-state index contributed by atoms with van der Waals surface area (Å²) in [5, 5.41) is 0. The molecule has 10 heteroatoms. The predicted octanol–water partition coefficient (Wildman–Crippen LogP) is 0.769. The van der Waals surface area contributed by atoms with Crippen molar-refractivity contribution in [2.45, 2.75) is 32.7 Å². The Bertz CT molecular complexity index is 451. The molecular formula is C12H23N2O7P. The van der Waals surface area contributed by atoms with Crippen LogP contribution in [0.3, 0.4) is 0 Å². The molecule has 0 saturated carbocycles. The average molecular weight is 338 g/mol.